The molecule has 0 saturated heterocycles. The van der Waals surface area contributed by atoms with Gasteiger partial charge in [-0.05, 0) is 31.5 Å². The molecule has 0 spiro atoms. The number of aryl methyl sites for hydroxylation is 1. The first kappa shape index (κ1) is 20.6. The predicted molar refractivity (Wildman–Crippen MR) is 101 cm³/mol. The van der Waals surface area contributed by atoms with E-state index in [9.17, 15) is 18.4 Å². The third-order valence-electron chi connectivity index (χ3n) is 4.40. The van der Waals surface area contributed by atoms with Gasteiger partial charge >= 0.3 is 0 Å². The number of alkyl halides is 2. The summed E-state index contributed by atoms with van der Waals surface area (Å²) in [6.45, 7) is 4.52. The fourth-order valence-corrected chi connectivity index (χ4v) is 3.13. The van der Waals surface area contributed by atoms with Gasteiger partial charge in [-0.15, -0.1) is 0 Å². The lowest BCUT2D eigenvalue weighted by Gasteiger charge is -2.17. The third-order valence-corrected chi connectivity index (χ3v) is 4.40. The van der Waals surface area contributed by atoms with E-state index in [0.29, 0.717) is 23.2 Å². The highest BCUT2D eigenvalue weighted by Gasteiger charge is 2.32. The highest BCUT2D eigenvalue weighted by molar-refractivity contribution is 6.03. The van der Waals surface area contributed by atoms with Crippen LogP contribution in [0.1, 0.15) is 51.4 Å². The summed E-state index contributed by atoms with van der Waals surface area (Å²) in [5.41, 5.74) is 2.63. The number of nitrogens with zero attached hydrogens (tertiary/aromatic N) is 3. The van der Waals surface area contributed by atoms with Crippen LogP contribution < -0.4 is 10.1 Å². The number of rotatable bonds is 7. The highest BCUT2D eigenvalue weighted by atomic mass is 19.3. The van der Waals surface area contributed by atoms with E-state index in [4.69, 9.17) is 4.74 Å². The van der Waals surface area contributed by atoms with Gasteiger partial charge < -0.3 is 15.0 Å². The zero-order valence-corrected chi connectivity index (χ0v) is 16.5. The quantitative estimate of drug-likeness (QED) is 0.767. The summed E-state index contributed by atoms with van der Waals surface area (Å²) in [6.07, 6.45) is 2.95. The highest BCUT2D eigenvalue weighted by Crippen LogP contribution is 2.27. The third kappa shape index (κ3) is 4.67. The SMILES string of the molecule is CCNC(=O)c1nccc2c1CN(Cc1cnc(OCC(C)(F)F)c(C)c1)C2=O. The van der Waals surface area contributed by atoms with Gasteiger partial charge in [-0.2, -0.15) is 0 Å². The zero-order chi connectivity index (χ0) is 21.2. The Hall–Kier alpha value is -3.10. The van der Waals surface area contributed by atoms with Crippen LogP contribution in [0.2, 0.25) is 0 Å². The molecule has 0 aliphatic carbocycles. The first-order valence-electron chi connectivity index (χ1n) is 9.21. The summed E-state index contributed by atoms with van der Waals surface area (Å²) < 4.78 is 31.0. The number of pyridine rings is 2. The number of carbonyl (C=O) groups excluding carboxylic acids is 2. The van der Waals surface area contributed by atoms with Crippen LogP contribution in [0.15, 0.2) is 24.5 Å². The molecule has 2 aromatic rings. The fourth-order valence-electron chi connectivity index (χ4n) is 3.13. The molecule has 2 amide bonds. The number of amides is 2. The van der Waals surface area contributed by atoms with Crippen molar-refractivity contribution in [2.24, 2.45) is 0 Å². The number of halogens is 2. The smallest absolute Gasteiger partial charge is 0.278 e. The normalized spacial score (nSPS) is 13.4. The Morgan fingerprint density at radius 3 is 2.79 bits per heavy atom. The molecule has 2 aromatic heterocycles. The monoisotopic (exact) mass is 404 g/mol. The number of ether oxygens (including phenoxy) is 1. The molecule has 1 N–H and O–H groups in total. The summed E-state index contributed by atoms with van der Waals surface area (Å²) in [6, 6.07) is 3.35. The number of hydrogen-bond acceptors (Lipinski definition) is 5. The summed E-state index contributed by atoms with van der Waals surface area (Å²) in [5.74, 6) is -3.33. The molecular formula is C20H22F2N4O3. The van der Waals surface area contributed by atoms with E-state index in [0.717, 1.165) is 12.5 Å². The fraction of sp³-hybridized carbons (Fsp3) is 0.400. The molecule has 0 aromatic carbocycles. The average Bonchev–Trinajstić information content (AvgIpc) is 2.96. The Morgan fingerprint density at radius 2 is 2.14 bits per heavy atom. The molecule has 0 radical (unpaired) electrons. The van der Waals surface area contributed by atoms with Crippen molar-refractivity contribution in [3.63, 3.8) is 0 Å². The molecule has 0 fully saturated rings. The predicted octanol–water partition coefficient (Wildman–Crippen LogP) is 2.72. The van der Waals surface area contributed by atoms with Crippen LogP contribution in [0.3, 0.4) is 0 Å². The van der Waals surface area contributed by atoms with Gasteiger partial charge in [-0.25, -0.2) is 13.8 Å². The van der Waals surface area contributed by atoms with Crippen LogP contribution in [0.4, 0.5) is 8.78 Å². The average molecular weight is 404 g/mol. The molecule has 154 valence electrons. The molecule has 7 nitrogen and oxygen atoms in total. The Balaban J connectivity index is 1.74. The Kier molecular flexibility index (Phi) is 5.76. The van der Waals surface area contributed by atoms with Crippen molar-refractivity contribution in [3.8, 4) is 5.88 Å². The van der Waals surface area contributed by atoms with Gasteiger partial charge in [0, 0.05) is 55.6 Å². The number of nitrogens with one attached hydrogen (secondary N) is 1. The van der Waals surface area contributed by atoms with Gasteiger partial charge in [0.05, 0.1) is 0 Å². The lowest BCUT2D eigenvalue weighted by atomic mass is 10.1. The van der Waals surface area contributed by atoms with Crippen molar-refractivity contribution in [2.75, 3.05) is 13.2 Å². The molecule has 0 unspecified atom stereocenters. The lowest BCUT2D eigenvalue weighted by molar-refractivity contribution is -0.0244. The number of aromatic nitrogens is 2. The second-order valence-corrected chi connectivity index (χ2v) is 7.03. The topological polar surface area (TPSA) is 84.4 Å². The van der Waals surface area contributed by atoms with Crippen LogP contribution >= 0.6 is 0 Å². The van der Waals surface area contributed by atoms with Gasteiger partial charge in [0.2, 0.25) is 5.88 Å². The maximum Gasteiger partial charge on any atom is 0.278 e. The van der Waals surface area contributed by atoms with Gasteiger partial charge in [0.15, 0.2) is 6.61 Å². The second-order valence-electron chi connectivity index (χ2n) is 7.03. The van der Waals surface area contributed by atoms with E-state index in [1.165, 1.54) is 12.4 Å². The molecule has 3 rings (SSSR count). The van der Waals surface area contributed by atoms with Gasteiger partial charge in [0.1, 0.15) is 5.69 Å². The Bertz CT molecular complexity index is 944. The first-order chi connectivity index (χ1) is 13.7. The maximum absolute atomic E-state index is 13.0. The molecule has 1 aliphatic rings. The van der Waals surface area contributed by atoms with Gasteiger partial charge in [-0.3, -0.25) is 14.6 Å². The number of hydrogen-bond donors (Lipinski definition) is 1. The van der Waals surface area contributed by atoms with E-state index in [1.807, 2.05) is 6.92 Å². The summed E-state index contributed by atoms with van der Waals surface area (Å²) in [7, 11) is 0. The molecule has 0 bridgehead atoms. The minimum absolute atomic E-state index is 0.133. The minimum Gasteiger partial charge on any atom is -0.471 e. The number of fused-ring (bicyclic) bond motifs is 1. The molecule has 0 atom stereocenters. The van der Waals surface area contributed by atoms with Crippen molar-refractivity contribution in [1.29, 1.82) is 0 Å². The Morgan fingerprint density at radius 1 is 1.38 bits per heavy atom. The Labute approximate surface area is 167 Å². The summed E-state index contributed by atoms with van der Waals surface area (Å²) in [5, 5.41) is 2.70. The molecule has 9 heteroatoms. The van der Waals surface area contributed by atoms with Crippen LogP contribution in [0, 0.1) is 6.92 Å². The van der Waals surface area contributed by atoms with Crippen LogP contribution in [0.5, 0.6) is 5.88 Å². The van der Waals surface area contributed by atoms with Crippen LogP contribution in [-0.4, -0.2) is 45.8 Å². The van der Waals surface area contributed by atoms with Crippen molar-refractivity contribution in [3.05, 3.63) is 52.5 Å². The van der Waals surface area contributed by atoms with Crippen LogP contribution in [-0.2, 0) is 13.1 Å². The van der Waals surface area contributed by atoms with Crippen molar-refractivity contribution >= 4 is 11.8 Å². The number of carbonyl (C=O) groups is 2. The largest absolute Gasteiger partial charge is 0.471 e. The van der Waals surface area contributed by atoms with Crippen LogP contribution in [0.25, 0.3) is 0 Å². The molecule has 0 saturated carbocycles. The lowest BCUT2D eigenvalue weighted by Crippen LogP contribution is -2.25. The summed E-state index contributed by atoms with van der Waals surface area (Å²) >= 11 is 0. The van der Waals surface area contributed by atoms with Crippen molar-refractivity contribution in [1.82, 2.24) is 20.2 Å². The minimum atomic E-state index is -2.95. The zero-order valence-electron chi connectivity index (χ0n) is 16.5. The van der Waals surface area contributed by atoms with Crippen molar-refractivity contribution < 1.29 is 23.1 Å². The standard InChI is InChI=1S/C20H22F2N4O3/c1-4-23-17(27)16-15-10-26(19(28)14(15)5-6-24-16)9-13-7-12(2)18(25-8-13)29-11-20(3,21)22/h5-8H,4,9-11H2,1-3H3,(H,23,27). The van der Waals surface area contributed by atoms with Gasteiger partial charge in [-0.1, -0.05) is 0 Å². The first-order valence-corrected chi connectivity index (χ1v) is 9.21. The molecule has 29 heavy (non-hydrogen) atoms. The summed E-state index contributed by atoms with van der Waals surface area (Å²) in [4.78, 5) is 34.8. The molecule has 3 heterocycles. The van der Waals surface area contributed by atoms with Crippen molar-refractivity contribution in [2.45, 2.75) is 39.8 Å². The van der Waals surface area contributed by atoms with E-state index in [-0.39, 0.29) is 36.5 Å². The van der Waals surface area contributed by atoms with Gasteiger partial charge in [0.25, 0.3) is 17.7 Å². The van der Waals surface area contributed by atoms with E-state index in [1.54, 1.807) is 24.0 Å². The second kappa shape index (κ2) is 8.10. The van der Waals surface area contributed by atoms with E-state index >= 15 is 0 Å². The van der Waals surface area contributed by atoms with E-state index in [2.05, 4.69) is 15.3 Å². The molecular weight excluding hydrogens is 382 g/mol. The van der Waals surface area contributed by atoms with E-state index < -0.39 is 12.5 Å². The molecule has 1 aliphatic heterocycles. The maximum atomic E-state index is 13.0.